The average molecular weight is 279 g/mol. The van der Waals surface area contributed by atoms with E-state index in [2.05, 4.69) is 9.80 Å². The summed E-state index contributed by atoms with van der Waals surface area (Å²) in [6, 6.07) is 0.114. The highest BCUT2D eigenvalue weighted by molar-refractivity contribution is 5.80. The highest BCUT2D eigenvalue weighted by Crippen LogP contribution is 2.28. The van der Waals surface area contributed by atoms with E-state index in [1.54, 1.807) is 0 Å². The summed E-state index contributed by atoms with van der Waals surface area (Å²) in [7, 11) is 0. The Morgan fingerprint density at radius 3 is 2.50 bits per heavy atom. The molecular formula is C16H29N3O. The maximum atomic E-state index is 12.5. The molecule has 1 aliphatic carbocycles. The molecule has 4 nitrogen and oxygen atoms in total. The third-order valence-corrected chi connectivity index (χ3v) is 5.45. The maximum absolute atomic E-state index is 12.5. The number of nitrogens with zero attached hydrogens (tertiary/aromatic N) is 2. The van der Waals surface area contributed by atoms with Crippen molar-refractivity contribution in [1.29, 1.82) is 0 Å². The number of amides is 1. The second kappa shape index (κ2) is 6.44. The highest BCUT2D eigenvalue weighted by atomic mass is 16.2. The summed E-state index contributed by atoms with van der Waals surface area (Å²) in [5, 5.41) is 0. The van der Waals surface area contributed by atoms with Crippen LogP contribution >= 0.6 is 0 Å². The Labute approximate surface area is 122 Å². The van der Waals surface area contributed by atoms with Crippen molar-refractivity contribution in [1.82, 2.24) is 9.80 Å². The van der Waals surface area contributed by atoms with Gasteiger partial charge in [0, 0.05) is 25.7 Å². The van der Waals surface area contributed by atoms with Gasteiger partial charge in [-0.2, -0.15) is 0 Å². The molecule has 4 heteroatoms. The number of rotatable bonds is 3. The maximum Gasteiger partial charge on any atom is 0.227 e. The van der Waals surface area contributed by atoms with Gasteiger partial charge >= 0.3 is 0 Å². The molecule has 2 aliphatic heterocycles. The van der Waals surface area contributed by atoms with Crippen LogP contribution in [0.4, 0.5) is 0 Å². The molecule has 3 atom stereocenters. The van der Waals surface area contributed by atoms with Crippen LogP contribution in [0.3, 0.4) is 0 Å². The van der Waals surface area contributed by atoms with Crippen LogP contribution < -0.4 is 5.73 Å². The molecule has 0 unspecified atom stereocenters. The standard InChI is InChI=1S/C16H29N3O/c17-15-6-4-5-14(15)16(20)19-10-7-13(12-19)11-18-8-2-1-3-9-18/h13-15H,1-12,17H2/t13-,14+,15-/m1/s1. The predicted octanol–water partition coefficient (Wildman–Crippen LogP) is 1.45. The molecule has 20 heavy (non-hydrogen) atoms. The van der Waals surface area contributed by atoms with E-state index in [-0.39, 0.29) is 12.0 Å². The summed E-state index contributed by atoms with van der Waals surface area (Å²) < 4.78 is 0. The molecule has 114 valence electrons. The van der Waals surface area contributed by atoms with Gasteiger partial charge in [-0.05, 0) is 51.1 Å². The average Bonchev–Trinajstić information content (AvgIpc) is 3.08. The van der Waals surface area contributed by atoms with Crippen LogP contribution in [0, 0.1) is 11.8 Å². The van der Waals surface area contributed by atoms with Crippen molar-refractivity contribution in [2.45, 2.75) is 51.0 Å². The number of carbonyl (C=O) groups is 1. The van der Waals surface area contributed by atoms with Gasteiger partial charge in [0.05, 0.1) is 5.92 Å². The Morgan fingerprint density at radius 1 is 1.00 bits per heavy atom. The minimum Gasteiger partial charge on any atom is -0.342 e. The number of carbonyl (C=O) groups excluding carboxylic acids is 1. The van der Waals surface area contributed by atoms with E-state index in [0.717, 1.165) is 32.4 Å². The minimum atomic E-state index is 0.114. The topological polar surface area (TPSA) is 49.6 Å². The molecule has 2 heterocycles. The van der Waals surface area contributed by atoms with Crippen molar-refractivity contribution in [2.75, 3.05) is 32.7 Å². The first-order valence-corrected chi connectivity index (χ1v) is 8.51. The van der Waals surface area contributed by atoms with Crippen LogP contribution in [0.5, 0.6) is 0 Å². The lowest BCUT2D eigenvalue weighted by Crippen LogP contribution is -2.41. The van der Waals surface area contributed by atoms with Crippen LogP contribution in [0.15, 0.2) is 0 Å². The number of likely N-dealkylation sites (tertiary alicyclic amines) is 2. The molecule has 0 aromatic carbocycles. The van der Waals surface area contributed by atoms with Crippen molar-refractivity contribution < 1.29 is 4.79 Å². The van der Waals surface area contributed by atoms with Crippen molar-refractivity contribution in [2.24, 2.45) is 17.6 Å². The van der Waals surface area contributed by atoms with Crippen molar-refractivity contribution in [3.8, 4) is 0 Å². The molecule has 0 radical (unpaired) electrons. The van der Waals surface area contributed by atoms with Crippen LogP contribution in [0.2, 0.25) is 0 Å². The zero-order valence-electron chi connectivity index (χ0n) is 12.6. The lowest BCUT2D eigenvalue weighted by molar-refractivity contribution is -0.134. The van der Waals surface area contributed by atoms with Gasteiger partial charge in [-0.3, -0.25) is 4.79 Å². The van der Waals surface area contributed by atoms with E-state index in [1.807, 2.05) is 0 Å². The number of hydrogen-bond acceptors (Lipinski definition) is 3. The largest absolute Gasteiger partial charge is 0.342 e. The normalized spacial score (nSPS) is 35.6. The Morgan fingerprint density at radius 2 is 1.80 bits per heavy atom. The molecule has 3 aliphatic rings. The second-order valence-electron chi connectivity index (χ2n) is 7.00. The van der Waals surface area contributed by atoms with Crippen LogP contribution in [-0.2, 0) is 4.79 Å². The summed E-state index contributed by atoms with van der Waals surface area (Å²) in [6.07, 6.45) is 8.45. The number of nitrogens with two attached hydrogens (primary N) is 1. The van der Waals surface area contributed by atoms with Crippen LogP contribution in [0.1, 0.15) is 44.9 Å². The van der Waals surface area contributed by atoms with Gasteiger partial charge in [0.15, 0.2) is 0 Å². The molecular weight excluding hydrogens is 250 g/mol. The van der Waals surface area contributed by atoms with Gasteiger partial charge in [0.25, 0.3) is 0 Å². The Hall–Kier alpha value is -0.610. The quantitative estimate of drug-likeness (QED) is 0.850. The van der Waals surface area contributed by atoms with Crippen LogP contribution in [-0.4, -0.2) is 54.5 Å². The van der Waals surface area contributed by atoms with E-state index in [1.165, 1.54) is 45.3 Å². The highest BCUT2D eigenvalue weighted by Gasteiger charge is 2.36. The molecule has 1 saturated carbocycles. The first-order chi connectivity index (χ1) is 9.74. The fourth-order valence-electron chi connectivity index (χ4n) is 4.22. The van der Waals surface area contributed by atoms with Gasteiger partial charge in [-0.25, -0.2) is 0 Å². The number of piperidine rings is 1. The lowest BCUT2D eigenvalue weighted by atomic mass is 10.0. The molecule has 2 N–H and O–H groups in total. The van der Waals surface area contributed by atoms with E-state index < -0.39 is 0 Å². The van der Waals surface area contributed by atoms with Crippen molar-refractivity contribution in [3.05, 3.63) is 0 Å². The van der Waals surface area contributed by atoms with E-state index in [0.29, 0.717) is 11.8 Å². The van der Waals surface area contributed by atoms with Gasteiger partial charge in [0.1, 0.15) is 0 Å². The molecule has 3 rings (SSSR count). The monoisotopic (exact) mass is 279 g/mol. The van der Waals surface area contributed by atoms with Gasteiger partial charge < -0.3 is 15.5 Å². The van der Waals surface area contributed by atoms with Crippen LogP contribution in [0.25, 0.3) is 0 Å². The van der Waals surface area contributed by atoms with E-state index in [9.17, 15) is 4.79 Å². The van der Waals surface area contributed by atoms with E-state index >= 15 is 0 Å². The molecule has 0 spiro atoms. The lowest BCUT2D eigenvalue weighted by Gasteiger charge is -2.29. The molecule has 0 aromatic heterocycles. The fraction of sp³-hybridized carbons (Fsp3) is 0.938. The molecule has 2 saturated heterocycles. The summed E-state index contributed by atoms with van der Waals surface area (Å²) >= 11 is 0. The van der Waals surface area contributed by atoms with Gasteiger partial charge in [-0.1, -0.05) is 12.8 Å². The Balaban J connectivity index is 1.47. The summed E-state index contributed by atoms with van der Waals surface area (Å²) in [6.45, 7) is 5.65. The first-order valence-electron chi connectivity index (χ1n) is 8.51. The molecule has 3 fully saturated rings. The van der Waals surface area contributed by atoms with Gasteiger partial charge in [-0.15, -0.1) is 0 Å². The zero-order chi connectivity index (χ0) is 13.9. The Kier molecular flexibility index (Phi) is 4.61. The summed E-state index contributed by atoms with van der Waals surface area (Å²) in [4.78, 5) is 17.2. The van der Waals surface area contributed by atoms with E-state index in [4.69, 9.17) is 5.73 Å². The first kappa shape index (κ1) is 14.3. The number of hydrogen-bond donors (Lipinski definition) is 1. The minimum absolute atomic E-state index is 0.114. The second-order valence-corrected chi connectivity index (χ2v) is 7.00. The van der Waals surface area contributed by atoms with Crippen molar-refractivity contribution >= 4 is 5.91 Å². The molecule has 0 aromatic rings. The smallest absolute Gasteiger partial charge is 0.227 e. The third kappa shape index (κ3) is 3.17. The summed E-state index contributed by atoms with van der Waals surface area (Å²) in [5.41, 5.74) is 6.08. The zero-order valence-corrected chi connectivity index (χ0v) is 12.6. The van der Waals surface area contributed by atoms with Crippen molar-refractivity contribution in [3.63, 3.8) is 0 Å². The third-order valence-electron chi connectivity index (χ3n) is 5.45. The SMILES string of the molecule is N[C@@H]1CCC[C@@H]1C(=O)N1CC[C@H](CN2CCCCC2)C1. The fourth-order valence-corrected chi connectivity index (χ4v) is 4.22. The molecule has 1 amide bonds. The summed E-state index contributed by atoms with van der Waals surface area (Å²) in [5.74, 6) is 1.15. The predicted molar refractivity (Wildman–Crippen MR) is 80.3 cm³/mol. The molecule has 0 bridgehead atoms. The van der Waals surface area contributed by atoms with Gasteiger partial charge in [0.2, 0.25) is 5.91 Å². The Bertz CT molecular complexity index is 341.